The van der Waals surface area contributed by atoms with E-state index in [0.29, 0.717) is 5.02 Å². The third-order valence-electron chi connectivity index (χ3n) is 3.23. The molecule has 0 bridgehead atoms. The lowest BCUT2D eigenvalue weighted by Crippen LogP contribution is -2.44. The molecule has 0 heterocycles. The summed E-state index contributed by atoms with van der Waals surface area (Å²) in [6, 6.07) is 7.28. The summed E-state index contributed by atoms with van der Waals surface area (Å²) in [4.78, 5) is 24.3. The van der Waals surface area contributed by atoms with Crippen LogP contribution >= 0.6 is 23.4 Å². The summed E-state index contributed by atoms with van der Waals surface area (Å²) in [6.45, 7) is 0. The topological polar surface area (TPSA) is 58.2 Å². The predicted molar refractivity (Wildman–Crippen MR) is 80.4 cm³/mol. The Morgan fingerprint density at radius 3 is 2.45 bits per heavy atom. The second-order valence-electron chi connectivity index (χ2n) is 4.76. The van der Waals surface area contributed by atoms with Gasteiger partial charge in [0.2, 0.25) is 11.8 Å². The quantitative estimate of drug-likeness (QED) is 0.664. The van der Waals surface area contributed by atoms with Crippen molar-refractivity contribution in [3.8, 4) is 0 Å². The molecule has 1 fully saturated rings. The maximum atomic E-state index is 11.7. The van der Waals surface area contributed by atoms with E-state index in [1.807, 2.05) is 12.1 Å². The van der Waals surface area contributed by atoms with Crippen LogP contribution in [0.1, 0.15) is 25.7 Å². The minimum absolute atomic E-state index is 0.0548. The van der Waals surface area contributed by atoms with Crippen molar-refractivity contribution >= 4 is 35.2 Å². The van der Waals surface area contributed by atoms with Crippen LogP contribution in [0.15, 0.2) is 29.2 Å². The largest absolute Gasteiger partial charge is 0.273 e. The highest BCUT2D eigenvalue weighted by Gasteiger charge is 2.22. The van der Waals surface area contributed by atoms with E-state index in [1.54, 1.807) is 12.1 Å². The van der Waals surface area contributed by atoms with E-state index in [0.717, 1.165) is 30.6 Å². The molecule has 4 nitrogen and oxygen atoms in total. The van der Waals surface area contributed by atoms with Gasteiger partial charge in [0.1, 0.15) is 0 Å². The van der Waals surface area contributed by atoms with Gasteiger partial charge in [-0.05, 0) is 37.1 Å². The number of hydrogen-bond donors (Lipinski definition) is 2. The fourth-order valence-corrected chi connectivity index (χ4v) is 2.96. The number of halogens is 1. The standard InChI is InChI=1S/C14H17ClN2O2S/c15-11-5-7-12(8-6-11)20-9-13(18)16-17-14(19)10-3-1-2-4-10/h5-8,10H,1-4,9H2,(H,16,18)(H,17,19). The van der Waals surface area contributed by atoms with Crippen molar-refractivity contribution in [1.29, 1.82) is 0 Å². The summed E-state index contributed by atoms with van der Waals surface area (Å²) in [7, 11) is 0. The van der Waals surface area contributed by atoms with E-state index in [1.165, 1.54) is 11.8 Å². The van der Waals surface area contributed by atoms with E-state index in [-0.39, 0.29) is 23.5 Å². The van der Waals surface area contributed by atoms with Crippen molar-refractivity contribution in [2.45, 2.75) is 30.6 Å². The average molecular weight is 313 g/mol. The van der Waals surface area contributed by atoms with Crippen LogP contribution in [0, 0.1) is 5.92 Å². The van der Waals surface area contributed by atoms with Gasteiger partial charge < -0.3 is 0 Å². The highest BCUT2D eigenvalue weighted by atomic mass is 35.5. The van der Waals surface area contributed by atoms with Crippen LogP contribution in [-0.2, 0) is 9.59 Å². The summed E-state index contributed by atoms with van der Waals surface area (Å²) in [6.07, 6.45) is 4.03. The smallest absolute Gasteiger partial charge is 0.248 e. The second-order valence-corrected chi connectivity index (χ2v) is 6.25. The zero-order chi connectivity index (χ0) is 14.4. The van der Waals surface area contributed by atoms with Gasteiger partial charge in [-0.15, -0.1) is 11.8 Å². The molecule has 1 aliphatic carbocycles. The van der Waals surface area contributed by atoms with Gasteiger partial charge in [0, 0.05) is 15.8 Å². The van der Waals surface area contributed by atoms with Gasteiger partial charge in [-0.25, -0.2) is 0 Å². The number of amides is 2. The highest BCUT2D eigenvalue weighted by Crippen LogP contribution is 2.24. The van der Waals surface area contributed by atoms with Crippen molar-refractivity contribution in [3.63, 3.8) is 0 Å². The predicted octanol–water partition coefficient (Wildman–Crippen LogP) is 2.77. The number of hydrazine groups is 1. The van der Waals surface area contributed by atoms with Gasteiger partial charge >= 0.3 is 0 Å². The molecule has 0 spiro atoms. The Kier molecular flexibility index (Phi) is 5.73. The van der Waals surface area contributed by atoms with Crippen LogP contribution in [0.4, 0.5) is 0 Å². The first-order chi connectivity index (χ1) is 9.65. The minimum atomic E-state index is -0.212. The second kappa shape index (κ2) is 7.55. The molecule has 0 aromatic heterocycles. The first-order valence-corrected chi connectivity index (χ1v) is 7.98. The molecule has 0 atom stereocenters. The third-order valence-corrected chi connectivity index (χ3v) is 4.50. The van der Waals surface area contributed by atoms with Crippen molar-refractivity contribution in [2.24, 2.45) is 5.92 Å². The van der Waals surface area contributed by atoms with Crippen LogP contribution in [-0.4, -0.2) is 17.6 Å². The first-order valence-electron chi connectivity index (χ1n) is 6.62. The van der Waals surface area contributed by atoms with Gasteiger partial charge in [0.05, 0.1) is 5.75 Å². The molecule has 20 heavy (non-hydrogen) atoms. The first kappa shape index (κ1) is 15.2. The number of rotatable bonds is 4. The van der Waals surface area contributed by atoms with E-state index in [9.17, 15) is 9.59 Å². The molecule has 6 heteroatoms. The van der Waals surface area contributed by atoms with Gasteiger partial charge in [-0.2, -0.15) is 0 Å². The number of hydrogen-bond acceptors (Lipinski definition) is 3. The Labute approximate surface area is 127 Å². The van der Waals surface area contributed by atoms with E-state index >= 15 is 0 Å². The average Bonchev–Trinajstić information content (AvgIpc) is 2.98. The molecule has 0 unspecified atom stereocenters. The molecule has 0 saturated heterocycles. The van der Waals surface area contributed by atoms with Crippen LogP contribution in [0.5, 0.6) is 0 Å². The molecule has 2 N–H and O–H groups in total. The molecule has 2 rings (SSSR count). The summed E-state index contributed by atoms with van der Waals surface area (Å²) < 4.78 is 0. The number of benzene rings is 1. The summed E-state index contributed by atoms with van der Waals surface area (Å²) in [5.74, 6) is 0.0231. The van der Waals surface area contributed by atoms with E-state index in [4.69, 9.17) is 11.6 Å². The van der Waals surface area contributed by atoms with Crippen LogP contribution < -0.4 is 10.9 Å². The molecule has 1 aromatic carbocycles. The molecule has 1 aromatic rings. The monoisotopic (exact) mass is 312 g/mol. The fourth-order valence-electron chi connectivity index (χ4n) is 2.14. The summed E-state index contributed by atoms with van der Waals surface area (Å²) in [5, 5.41) is 0.669. The molecule has 108 valence electrons. The third kappa shape index (κ3) is 4.72. The molecular weight excluding hydrogens is 296 g/mol. The van der Waals surface area contributed by atoms with Gasteiger partial charge in [-0.1, -0.05) is 24.4 Å². The van der Waals surface area contributed by atoms with Crippen LogP contribution in [0.2, 0.25) is 5.02 Å². The molecule has 0 radical (unpaired) electrons. The summed E-state index contributed by atoms with van der Waals surface area (Å²) in [5.41, 5.74) is 4.95. The lowest BCUT2D eigenvalue weighted by molar-refractivity contribution is -0.130. The van der Waals surface area contributed by atoms with E-state index in [2.05, 4.69) is 10.9 Å². The lowest BCUT2D eigenvalue weighted by Gasteiger charge is -2.11. The summed E-state index contributed by atoms with van der Waals surface area (Å²) >= 11 is 7.18. The number of nitrogens with one attached hydrogen (secondary N) is 2. The molecule has 1 aliphatic rings. The molecular formula is C14H17ClN2O2S. The fraction of sp³-hybridized carbons (Fsp3) is 0.429. The van der Waals surface area contributed by atoms with Crippen molar-refractivity contribution < 1.29 is 9.59 Å². The van der Waals surface area contributed by atoms with Gasteiger partial charge in [-0.3, -0.25) is 20.4 Å². The molecule has 0 aliphatic heterocycles. The van der Waals surface area contributed by atoms with Crippen molar-refractivity contribution in [1.82, 2.24) is 10.9 Å². The number of carbonyl (C=O) groups is 2. The SMILES string of the molecule is O=C(CSc1ccc(Cl)cc1)NNC(=O)C1CCCC1. The zero-order valence-electron chi connectivity index (χ0n) is 11.0. The highest BCUT2D eigenvalue weighted by molar-refractivity contribution is 8.00. The Balaban J connectivity index is 1.67. The Morgan fingerprint density at radius 2 is 1.80 bits per heavy atom. The Morgan fingerprint density at radius 1 is 1.15 bits per heavy atom. The molecule has 2 amide bonds. The van der Waals surface area contributed by atoms with Gasteiger partial charge in [0.15, 0.2) is 0 Å². The normalized spacial score (nSPS) is 15.1. The minimum Gasteiger partial charge on any atom is -0.273 e. The number of thioether (sulfide) groups is 1. The maximum absolute atomic E-state index is 11.7. The number of carbonyl (C=O) groups excluding carboxylic acids is 2. The van der Waals surface area contributed by atoms with Crippen LogP contribution in [0.3, 0.4) is 0 Å². The maximum Gasteiger partial charge on any atom is 0.248 e. The van der Waals surface area contributed by atoms with Crippen molar-refractivity contribution in [3.05, 3.63) is 29.3 Å². The Hall–Kier alpha value is -1.20. The van der Waals surface area contributed by atoms with Crippen LogP contribution in [0.25, 0.3) is 0 Å². The zero-order valence-corrected chi connectivity index (χ0v) is 12.6. The molecule has 1 saturated carbocycles. The van der Waals surface area contributed by atoms with Crippen molar-refractivity contribution in [2.75, 3.05) is 5.75 Å². The lowest BCUT2D eigenvalue weighted by atomic mass is 10.1. The van der Waals surface area contributed by atoms with E-state index < -0.39 is 0 Å². The Bertz CT molecular complexity index is 473. The van der Waals surface area contributed by atoms with Gasteiger partial charge in [0.25, 0.3) is 0 Å².